The van der Waals surface area contributed by atoms with E-state index in [1.54, 1.807) is 0 Å². The number of hydrogen-bond donors (Lipinski definition) is 0. The molecule has 3 nitrogen and oxygen atoms in total. The van der Waals surface area contributed by atoms with Gasteiger partial charge in [-0.1, -0.05) is 25.7 Å². The molecule has 0 atom stereocenters. The number of rotatable bonds is 3. The molecule has 0 bridgehead atoms. The third-order valence-corrected chi connectivity index (χ3v) is 3.51. The summed E-state index contributed by atoms with van der Waals surface area (Å²) in [4.78, 5) is 11.0. The van der Waals surface area contributed by atoms with Crippen LogP contribution in [0.15, 0.2) is 6.20 Å². The van der Waals surface area contributed by atoms with Crippen molar-refractivity contribution in [1.82, 2.24) is 9.78 Å². The van der Waals surface area contributed by atoms with Crippen molar-refractivity contribution in [2.24, 2.45) is 0 Å². The Hall–Kier alpha value is -1.12. The Labute approximate surface area is 96.8 Å². The molecule has 0 N–H and O–H groups in total. The molecule has 1 aromatic heterocycles. The quantitative estimate of drug-likeness (QED) is 0.579. The molecule has 16 heavy (non-hydrogen) atoms. The Morgan fingerprint density at radius 1 is 1.38 bits per heavy atom. The van der Waals surface area contributed by atoms with Crippen molar-refractivity contribution < 1.29 is 4.79 Å². The lowest BCUT2D eigenvalue weighted by atomic mass is 9.94. The molecule has 1 aliphatic rings. The third-order valence-electron chi connectivity index (χ3n) is 3.51. The van der Waals surface area contributed by atoms with Crippen molar-refractivity contribution in [2.45, 2.75) is 57.9 Å². The second kappa shape index (κ2) is 5.28. The van der Waals surface area contributed by atoms with Gasteiger partial charge in [0.25, 0.3) is 0 Å². The van der Waals surface area contributed by atoms with Gasteiger partial charge in [0.1, 0.15) is 0 Å². The highest BCUT2D eigenvalue weighted by molar-refractivity contribution is 5.76. The number of hydrogen-bond acceptors (Lipinski definition) is 2. The number of carbonyl (C=O) groups excluding carboxylic acids is 1. The SMILES string of the molecule is CCn1cc(C=O)c(C2CCCCCC2)n1. The van der Waals surface area contributed by atoms with Crippen molar-refractivity contribution >= 4 is 6.29 Å². The summed E-state index contributed by atoms with van der Waals surface area (Å²) in [6, 6.07) is 0. The van der Waals surface area contributed by atoms with Gasteiger partial charge in [0, 0.05) is 18.7 Å². The second-order valence-electron chi connectivity index (χ2n) is 4.63. The van der Waals surface area contributed by atoms with E-state index in [9.17, 15) is 4.79 Å². The van der Waals surface area contributed by atoms with Crippen LogP contribution in [0.25, 0.3) is 0 Å². The standard InChI is InChI=1S/C13H20N2O/c1-2-15-9-12(10-16)13(14-15)11-7-5-3-4-6-8-11/h9-11H,2-8H2,1H3. The molecule has 1 saturated carbocycles. The Morgan fingerprint density at radius 3 is 2.62 bits per heavy atom. The average Bonchev–Trinajstić information content (AvgIpc) is 2.55. The van der Waals surface area contributed by atoms with Gasteiger partial charge >= 0.3 is 0 Å². The summed E-state index contributed by atoms with van der Waals surface area (Å²) < 4.78 is 1.88. The zero-order chi connectivity index (χ0) is 11.4. The molecule has 0 aliphatic heterocycles. The Morgan fingerprint density at radius 2 is 2.06 bits per heavy atom. The molecule has 0 unspecified atom stereocenters. The summed E-state index contributed by atoms with van der Waals surface area (Å²) in [5.41, 5.74) is 1.84. The Bertz CT molecular complexity index is 349. The third kappa shape index (κ3) is 2.34. The topological polar surface area (TPSA) is 34.9 Å². The Balaban J connectivity index is 2.22. The smallest absolute Gasteiger partial charge is 0.153 e. The fraction of sp³-hybridized carbons (Fsp3) is 0.692. The number of aromatic nitrogens is 2. The van der Waals surface area contributed by atoms with Crippen molar-refractivity contribution in [3.8, 4) is 0 Å². The molecule has 1 aliphatic carbocycles. The van der Waals surface area contributed by atoms with Gasteiger partial charge in [0.15, 0.2) is 6.29 Å². The van der Waals surface area contributed by atoms with Crippen LogP contribution in [0.3, 0.4) is 0 Å². The first kappa shape index (κ1) is 11.4. The van der Waals surface area contributed by atoms with E-state index in [1.807, 2.05) is 10.9 Å². The fourth-order valence-electron chi connectivity index (χ4n) is 2.57. The van der Waals surface area contributed by atoms with E-state index in [0.717, 1.165) is 24.1 Å². The van der Waals surface area contributed by atoms with E-state index in [2.05, 4.69) is 12.0 Å². The Kier molecular flexibility index (Phi) is 3.75. The van der Waals surface area contributed by atoms with Gasteiger partial charge in [-0.2, -0.15) is 5.10 Å². The molecule has 1 heterocycles. The first-order valence-electron chi connectivity index (χ1n) is 6.37. The maximum absolute atomic E-state index is 11.0. The van der Waals surface area contributed by atoms with Gasteiger partial charge in [-0.15, -0.1) is 0 Å². The van der Waals surface area contributed by atoms with Gasteiger partial charge in [-0.05, 0) is 19.8 Å². The van der Waals surface area contributed by atoms with Gasteiger partial charge in [-0.3, -0.25) is 9.48 Å². The van der Waals surface area contributed by atoms with E-state index in [4.69, 9.17) is 0 Å². The lowest BCUT2D eigenvalue weighted by Crippen LogP contribution is -2.03. The molecule has 0 amide bonds. The van der Waals surface area contributed by atoms with Crippen LogP contribution in [0, 0.1) is 0 Å². The average molecular weight is 220 g/mol. The van der Waals surface area contributed by atoms with Crippen LogP contribution in [-0.2, 0) is 6.54 Å². The maximum atomic E-state index is 11.0. The van der Waals surface area contributed by atoms with E-state index < -0.39 is 0 Å². The summed E-state index contributed by atoms with van der Waals surface area (Å²) in [5, 5.41) is 4.55. The maximum Gasteiger partial charge on any atom is 0.153 e. The van der Waals surface area contributed by atoms with Crippen LogP contribution in [0.5, 0.6) is 0 Å². The minimum Gasteiger partial charge on any atom is -0.298 e. The molecular formula is C13H20N2O. The second-order valence-corrected chi connectivity index (χ2v) is 4.63. The molecular weight excluding hydrogens is 200 g/mol. The van der Waals surface area contributed by atoms with Crippen LogP contribution in [0.4, 0.5) is 0 Å². The molecule has 1 fully saturated rings. The van der Waals surface area contributed by atoms with Crippen LogP contribution in [0.1, 0.15) is 67.4 Å². The summed E-state index contributed by atoms with van der Waals surface area (Å²) in [5.74, 6) is 0.510. The van der Waals surface area contributed by atoms with Gasteiger partial charge in [-0.25, -0.2) is 0 Å². The van der Waals surface area contributed by atoms with Crippen molar-refractivity contribution in [1.29, 1.82) is 0 Å². The minimum absolute atomic E-state index is 0.510. The number of nitrogens with zero attached hydrogens (tertiary/aromatic N) is 2. The normalized spacial score (nSPS) is 18.3. The molecule has 0 aromatic carbocycles. The zero-order valence-electron chi connectivity index (χ0n) is 9.98. The lowest BCUT2D eigenvalue weighted by Gasteiger charge is -2.11. The predicted octanol–water partition coefficient (Wildman–Crippen LogP) is 3.15. The van der Waals surface area contributed by atoms with Crippen LogP contribution >= 0.6 is 0 Å². The van der Waals surface area contributed by atoms with E-state index >= 15 is 0 Å². The highest BCUT2D eigenvalue weighted by atomic mass is 16.1. The molecule has 2 rings (SSSR count). The summed E-state index contributed by atoms with van der Waals surface area (Å²) in [7, 11) is 0. The molecule has 0 spiro atoms. The molecule has 3 heteroatoms. The van der Waals surface area contributed by atoms with Crippen LogP contribution in [-0.4, -0.2) is 16.1 Å². The highest BCUT2D eigenvalue weighted by Crippen LogP contribution is 2.32. The van der Waals surface area contributed by atoms with E-state index in [0.29, 0.717) is 5.92 Å². The van der Waals surface area contributed by atoms with Gasteiger partial charge < -0.3 is 0 Å². The van der Waals surface area contributed by atoms with Gasteiger partial charge in [0.2, 0.25) is 0 Å². The zero-order valence-corrected chi connectivity index (χ0v) is 9.98. The first-order valence-corrected chi connectivity index (χ1v) is 6.37. The highest BCUT2D eigenvalue weighted by Gasteiger charge is 2.20. The van der Waals surface area contributed by atoms with Gasteiger partial charge in [0.05, 0.1) is 11.3 Å². The van der Waals surface area contributed by atoms with Crippen molar-refractivity contribution in [3.05, 3.63) is 17.5 Å². The molecule has 0 saturated heterocycles. The van der Waals surface area contributed by atoms with Crippen molar-refractivity contribution in [3.63, 3.8) is 0 Å². The molecule has 0 radical (unpaired) electrons. The lowest BCUT2D eigenvalue weighted by molar-refractivity contribution is 0.112. The van der Waals surface area contributed by atoms with Crippen molar-refractivity contribution in [2.75, 3.05) is 0 Å². The molecule has 88 valence electrons. The fourth-order valence-corrected chi connectivity index (χ4v) is 2.57. The number of aldehydes is 1. The minimum atomic E-state index is 0.510. The summed E-state index contributed by atoms with van der Waals surface area (Å²) in [6.45, 7) is 2.89. The first-order chi connectivity index (χ1) is 7.85. The number of carbonyl (C=O) groups is 1. The summed E-state index contributed by atoms with van der Waals surface area (Å²) >= 11 is 0. The monoisotopic (exact) mass is 220 g/mol. The predicted molar refractivity (Wildman–Crippen MR) is 63.7 cm³/mol. The summed E-state index contributed by atoms with van der Waals surface area (Å²) in [6.07, 6.45) is 10.5. The number of aryl methyl sites for hydroxylation is 1. The van der Waals surface area contributed by atoms with Crippen LogP contribution in [0.2, 0.25) is 0 Å². The van der Waals surface area contributed by atoms with E-state index in [-0.39, 0.29) is 0 Å². The van der Waals surface area contributed by atoms with Crippen LogP contribution < -0.4 is 0 Å². The molecule has 1 aromatic rings. The largest absolute Gasteiger partial charge is 0.298 e. The van der Waals surface area contributed by atoms with E-state index in [1.165, 1.54) is 38.5 Å².